The highest BCUT2D eigenvalue weighted by molar-refractivity contribution is 9.10. The van der Waals surface area contributed by atoms with Gasteiger partial charge in [-0.3, -0.25) is 9.69 Å². The van der Waals surface area contributed by atoms with Crippen molar-refractivity contribution in [2.45, 2.75) is 19.9 Å². The summed E-state index contributed by atoms with van der Waals surface area (Å²) in [5, 5.41) is 8.89. The summed E-state index contributed by atoms with van der Waals surface area (Å²) in [5.41, 5.74) is 1.40. The summed E-state index contributed by atoms with van der Waals surface area (Å²) in [7, 11) is 1.33. The third-order valence-corrected chi connectivity index (χ3v) is 3.51. The van der Waals surface area contributed by atoms with Gasteiger partial charge in [0.15, 0.2) is 0 Å². The predicted octanol–water partition coefficient (Wildman–Crippen LogP) is 2.53. The zero-order chi connectivity index (χ0) is 15.1. The van der Waals surface area contributed by atoms with Crippen LogP contribution in [-0.2, 0) is 16.1 Å². The fourth-order valence-electron chi connectivity index (χ4n) is 1.88. The van der Waals surface area contributed by atoms with Crippen molar-refractivity contribution in [3.8, 4) is 0 Å². The Labute approximate surface area is 126 Å². The molecule has 0 amide bonds. The number of nitrogens with zero attached hydrogens (tertiary/aromatic N) is 1. The Morgan fingerprint density at radius 1 is 1.40 bits per heavy atom. The van der Waals surface area contributed by atoms with Crippen LogP contribution in [0.2, 0.25) is 0 Å². The van der Waals surface area contributed by atoms with E-state index in [1.54, 1.807) is 18.2 Å². The van der Waals surface area contributed by atoms with Crippen molar-refractivity contribution >= 4 is 27.9 Å². The minimum absolute atomic E-state index is 0.000959. The first-order valence-corrected chi connectivity index (χ1v) is 7.08. The van der Waals surface area contributed by atoms with E-state index in [9.17, 15) is 9.59 Å². The first-order chi connectivity index (χ1) is 9.47. The molecular formula is C14H18BrNO4. The number of carboxylic acids is 1. The van der Waals surface area contributed by atoms with Gasteiger partial charge in [0.25, 0.3) is 0 Å². The molecule has 1 aromatic rings. The van der Waals surface area contributed by atoms with Crippen LogP contribution in [0.15, 0.2) is 22.7 Å². The number of carbonyl (C=O) groups excluding carboxylic acids is 1. The number of aliphatic carboxylic acids is 1. The Balaban J connectivity index is 2.85. The molecule has 0 aliphatic heterocycles. The number of ether oxygens (including phenoxy) is 1. The lowest BCUT2D eigenvalue weighted by Crippen LogP contribution is -2.30. The monoisotopic (exact) mass is 343 g/mol. The quantitative estimate of drug-likeness (QED) is 0.770. The molecule has 1 aromatic carbocycles. The summed E-state index contributed by atoms with van der Waals surface area (Å²) in [6.45, 7) is 3.23. The van der Waals surface area contributed by atoms with E-state index in [2.05, 4.69) is 20.7 Å². The summed E-state index contributed by atoms with van der Waals surface area (Å²) in [6, 6.07) is 5.17. The second kappa shape index (κ2) is 8.01. The van der Waals surface area contributed by atoms with E-state index in [4.69, 9.17) is 5.11 Å². The lowest BCUT2D eigenvalue weighted by atomic mass is 10.1. The molecule has 0 radical (unpaired) electrons. The van der Waals surface area contributed by atoms with Gasteiger partial charge in [0.2, 0.25) is 0 Å². The molecule has 1 rings (SSSR count). The van der Waals surface area contributed by atoms with Gasteiger partial charge >= 0.3 is 11.9 Å². The van der Waals surface area contributed by atoms with Crippen molar-refractivity contribution in [1.82, 2.24) is 4.90 Å². The molecule has 0 aromatic heterocycles. The molecular weight excluding hydrogens is 326 g/mol. The molecule has 1 N–H and O–H groups in total. The van der Waals surface area contributed by atoms with Gasteiger partial charge in [-0.2, -0.15) is 0 Å². The maximum atomic E-state index is 11.4. The van der Waals surface area contributed by atoms with E-state index < -0.39 is 11.9 Å². The van der Waals surface area contributed by atoms with Crippen LogP contribution < -0.4 is 0 Å². The number of hydrogen-bond donors (Lipinski definition) is 1. The van der Waals surface area contributed by atoms with E-state index in [0.29, 0.717) is 18.7 Å². The Kier molecular flexibility index (Phi) is 6.67. The van der Waals surface area contributed by atoms with Crippen LogP contribution in [-0.4, -0.2) is 42.1 Å². The highest BCUT2D eigenvalue weighted by Crippen LogP contribution is 2.21. The summed E-state index contributed by atoms with van der Waals surface area (Å²) >= 11 is 3.41. The molecule has 0 saturated carbocycles. The van der Waals surface area contributed by atoms with E-state index in [0.717, 1.165) is 16.5 Å². The highest BCUT2D eigenvalue weighted by Gasteiger charge is 2.13. The third kappa shape index (κ3) is 4.94. The molecule has 0 bridgehead atoms. The SMILES string of the molecule is CCCN(CC(=O)O)Cc1ccc(C(=O)OC)cc1Br. The van der Waals surface area contributed by atoms with Crippen molar-refractivity contribution in [2.24, 2.45) is 0 Å². The molecule has 110 valence electrons. The Morgan fingerprint density at radius 3 is 2.60 bits per heavy atom. The summed E-state index contributed by atoms with van der Waals surface area (Å²) < 4.78 is 5.43. The van der Waals surface area contributed by atoms with Crippen LogP contribution in [0, 0.1) is 0 Å². The smallest absolute Gasteiger partial charge is 0.337 e. The second-order valence-electron chi connectivity index (χ2n) is 4.40. The lowest BCUT2D eigenvalue weighted by molar-refractivity contribution is -0.138. The largest absolute Gasteiger partial charge is 0.480 e. The van der Waals surface area contributed by atoms with Crippen molar-refractivity contribution < 1.29 is 19.4 Å². The zero-order valence-electron chi connectivity index (χ0n) is 11.6. The van der Waals surface area contributed by atoms with Crippen molar-refractivity contribution in [3.05, 3.63) is 33.8 Å². The summed E-state index contributed by atoms with van der Waals surface area (Å²) in [4.78, 5) is 24.1. The van der Waals surface area contributed by atoms with E-state index in [-0.39, 0.29) is 6.54 Å². The van der Waals surface area contributed by atoms with Crippen LogP contribution in [0.3, 0.4) is 0 Å². The van der Waals surface area contributed by atoms with Gasteiger partial charge < -0.3 is 9.84 Å². The average Bonchev–Trinajstić information content (AvgIpc) is 2.39. The van der Waals surface area contributed by atoms with Gasteiger partial charge in [-0.25, -0.2) is 4.79 Å². The number of halogens is 1. The number of carbonyl (C=O) groups is 2. The van der Waals surface area contributed by atoms with Gasteiger partial charge in [0, 0.05) is 11.0 Å². The first-order valence-electron chi connectivity index (χ1n) is 6.28. The molecule has 0 saturated heterocycles. The highest BCUT2D eigenvalue weighted by atomic mass is 79.9. The number of hydrogen-bond acceptors (Lipinski definition) is 4. The predicted molar refractivity (Wildman–Crippen MR) is 78.7 cm³/mol. The average molecular weight is 344 g/mol. The van der Waals surface area contributed by atoms with Crippen LogP contribution in [0.4, 0.5) is 0 Å². The van der Waals surface area contributed by atoms with Gasteiger partial charge in [0.05, 0.1) is 19.2 Å². The fraction of sp³-hybridized carbons (Fsp3) is 0.429. The van der Waals surface area contributed by atoms with Gasteiger partial charge in [0.1, 0.15) is 0 Å². The molecule has 6 heteroatoms. The Hall–Kier alpha value is -1.40. The summed E-state index contributed by atoms with van der Waals surface area (Å²) in [6.07, 6.45) is 0.880. The number of esters is 1. The normalized spacial score (nSPS) is 10.6. The maximum Gasteiger partial charge on any atom is 0.337 e. The van der Waals surface area contributed by atoms with Crippen LogP contribution in [0.25, 0.3) is 0 Å². The fourth-order valence-corrected chi connectivity index (χ4v) is 2.39. The topological polar surface area (TPSA) is 66.8 Å². The number of rotatable bonds is 7. The Bertz CT molecular complexity index is 490. The first kappa shape index (κ1) is 16.7. The van der Waals surface area contributed by atoms with E-state index in [1.807, 2.05) is 11.8 Å². The van der Waals surface area contributed by atoms with Gasteiger partial charge in [-0.15, -0.1) is 0 Å². The Morgan fingerprint density at radius 2 is 2.10 bits per heavy atom. The van der Waals surface area contributed by atoms with Crippen LogP contribution in [0.1, 0.15) is 29.3 Å². The molecule has 0 heterocycles. The van der Waals surface area contributed by atoms with Crippen LogP contribution in [0.5, 0.6) is 0 Å². The summed E-state index contributed by atoms with van der Waals surface area (Å²) in [5.74, 6) is -1.24. The molecule has 0 unspecified atom stereocenters. The number of carboxylic acid groups (broad SMARTS) is 1. The second-order valence-corrected chi connectivity index (χ2v) is 5.26. The lowest BCUT2D eigenvalue weighted by Gasteiger charge is -2.20. The van der Waals surface area contributed by atoms with Crippen molar-refractivity contribution in [2.75, 3.05) is 20.2 Å². The van der Waals surface area contributed by atoms with Crippen molar-refractivity contribution in [1.29, 1.82) is 0 Å². The maximum absolute atomic E-state index is 11.4. The third-order valence-electron chi connectivity index (χ3n) is 2.77. The van der Waals surface area contributed by atoms with Crippen LogP contribution >= 0.6 is 15.9 Å². The zero-order valence-corrected chi connectivity index (χ0v) is 13.1. The minimum Gasteiger partial charge on any atom is -0.480 e. The molecule has 0 spiro atoms. The molecule has 0 fully saturated rings. The number of benzene rings is 1. The molecule has 0 aliphatic rings. The molecule has 20 heavy (non-hydrogen) atoms. The van der Waals surface area contributed by atoms with Gasteiger partial charge in [-0.05, 0) is 30.7 Å². The minimum atomic E-state index is -0.847. The van der Waals surface area contributed by atoms with Crippen molar-refractivity contribution in [3.63, 3.8) is 0 Å². The van der Waals surface area contributed by atoms with E-state index in [1.165, 1.54) is 7.11 Å². The molecule has 5 nitrogen and oxygen atoms in total. The van der Waals surface area contributed by atoms with E-state index >= 15 is 0 Å². The number of methoxy groups -OCH3 is 1. The molecule has 0 aliphatic carbocycles. The van der Waals surface area contributed by atoms with Gasteiger partial charge in [-0.1, -0.05) is 28.9 Å². The molecule has 0 atom stereocenters. The standard InChI is InChI=1S/C14H18BrNO4/c1-3-6-16(9-13(17)18)8-11-5-4-10(7-12(11)15)14(19)20-2/h4-5,7H,3,6,8-9H2,1-2H3,(H,17,18).